The normalized spacial score (nSPS) is 14.6. The van der Waals surface area contributed by atoms with E-state index in [1.165, 1.54) is 23.9 Å². The molecule has 1 amide bonds. The lowest BCUT2D eigenvalue weighted by Crippen LogP contribution is -2.20. The average Bonchev–Trinajstić information content (AvgIpc) is 3.43. The van der Waals surface area contributed by atoms with E-state index in [9.17, 15) is 18.4 Å². The number of ether oxygens (including phenoxy) is 1. The van der Waals surface area contributed by atoms with E-state index in [1.807, 2.05) is 22.8 Å². The Morgan fingerprint density at radius 1 is 1.11 bits per heavy atom. The molecule has 0 saturated carbocycles. The van der Waals surface area contributed by atoms with Crippen molar-refractivity contribution in [3.05, 3.63) is 82.5 Å². The number of aromatic amines is 1. The summed E-state index contributed by atoms with van der Waals surface area (Å²) in [7, 11) is 0. The molecule has 1 saturated heterocycles. The number of fused-ring (bicyclic) bond motifs is 1. The predicted octanol–water partition coefficient (Wildman–Crippen LogP) is 3.80. The quantitative estimate of drug-likeness (QED) is 0.376. The summed E-state index contributed by atoms with van der Waals surface area (Å²) in [5.74, 6) is 1.10. The zero-order valence-corrected chi connectivity index (χ0v) is 19.7. The third-order valence-corrected chi connectivity index (χ3v) is 6.55. The Hall–Kier alpha value is -3.99. The zero-order chi connectivity index (χ0) is 25.1. The van der Waals surface area contributed by atoms with Crippen LogP contribution >= 0.6 is 11.8 Å². The molecule has 2 N–H and O–H groups in total. The molecule has 5 rings (SSSR count). The number of imidazole rings is 1. The van der Waals surface area contributed by atoms with Gasteiger partial charge >= 0.3 is 6.61 Å². The Morgan fingerprint density at radius 2 is 1.94 bits per heavy atom. The van der Waals surface area contributed by atoms with Gasteiger partial charge in [-0.15, -0.1) is 0 Å². The summed E-state index contributed by atoms with van der Waals surface area (Å²) in [5, 5.41) is 3.29. The van der Waals surface area contributed by atoms with Crippen molar-refractivity contribution < 1.29 is 18.3 Å². The molecule has 0 bridgehead atoms. The second kappa shape index (κ2) is 10.3. The maximum absolute atomic E-state index is 13.0. The van der Waals surface area contributed by atoms with E-state index in [1.54, 1.807) is 30.5 Å². The molecule has 0 atom stereocenters. The number of halogens is 2. The zero-order valence-electron chi connectivity index (χ0n) is 18.9. The molecule has 1 fully saturated rings. The number of H-pyrrole nitrogens is 1. The number of carbonyl (C=O) groups is 1. The molecule has 0 radical (unpaired) electrons. The smallest absolute Gasteiger partial charge is 0.387 e. The maximum atomic E-state index is 13.0. The molecule has 0 aliphatic carbocycles. The van der Waals surface area contributed by atoms with Gasteiger partial charge in [-0.25, -0.2) is 4.98 Å². The van der Waals surface area contributed by atoms with Crippen LogP contribution in [0.5, 0.6) is 5.75 Å². The van der Waals surface area contributed by atoms with E-state index in [-0.39, 0.29) is 23.8 Å². The van der Waals surface area contributed by atoms with Gasteiger partial charge in [0.1, 0.15) is 11.6 Å². The van der Waals surface area contributed by atoms with Crippen molar-refractivity contribution in [1.82, 2.24) is 19.9 Å². The Morgan fingerprint density at radius 3 is 2.69 bits per heavy atom. The predicted molar refractivity (Wildman–Crippen MR) is 135 cm³/mol. The van der Waals surface area contributed by atoms with E-state index in [0.29, 0.717) is 35.3 Å². The van der Waals surface area contributed by atoms with Crippen LogP contribution in [0.1, 0.15) is 11.4 Å². The minimum absolute atomic E-state index is 0.0728. The Bertz CT molecular complexity index is 1490. The Labute approximate surface area is 208 Å². The standard InChI is InChI=1S/C25H21F2N5O3S/c26-24(27)35-20-4-2-1-3-17(20)13-32-19-11-15(16-6-8-22(33)29-12-16)5-7-18(19)30-21(32)9-10-28-25-31-23(34)14-36-25/h1-8,11-12,24H,9-10,13-14H2,(H,29,33)(H,28,31,34). The van der Waals surface area contributed by atoms with Crippen LogP contribution in [0, 0.1) is 0 Å². The summed E-state index contributed by atoms with van der Waals surface area (Å²) >= 11 is 1.36. The number of amidine groups is 1. The number of benzene rings is 2. The molecule has 3 heterocycles. The van der Waals surface area contributed by atoms with Gasteiger partial charge in [-0.05, 0) is 35.4 Å². The molecule has 1 aliphatic heterocycles. The van der Waals surface area contributed by atoms with Crippen molar-refractivity contribution in [2.24, 2.45) is 4.99 Å². The lowest BCUT2D eigenvalue weighted by atomic mass is 10.1. The molecule has 2 aromatic carbocycles. The van der Waals surface area contributed by atoms with Gasteiger partial charge < -0.3 is 19.6 Å². The number of aliphatic imine (C=N–C) groups is 1. The number of hydrogen-bond donors (Lipinski definition) is 2. The SMILES string of the molecule is O=C1CSC(=NCCc2nc3ccc(-c4ccc(=O)[nH]c4)cc3n2Cc2ccccc2OC(F)F)N1. The van der Waals surface area contributed by atoms with Crippen molar-refractivity contribution in [2.75, 3.05) is 12.3 Å². The minimum Gasteiger partial charge on any atom is -0.434 e. The van der Waals surface area contributed by atoms with Crippen LogP contribution in [0.2, 0.25) is 0 Å². The van der Waals surface area contributed by atoms with Gasteiger partial charge in [0.05, 0.1) is 23.3 Å². The number of nitrogens with zero attached hydrogens (tertiary/aromatic N) is 3. The summed E-state index contributed by atoms with van der Waals surface area (Å²) in [6, 6.07) is 15.6. The number of amides is 1. The first-order valence-corrected chi connectivity index (χ1v) is 12.1. The third kappa shape index (κ3) is 5.30. The number of alkyl halides is 2. The van der Waals surface area contributed by atoms with Crippen molar-refractivity contribution >= 4 is 33.9 Å². The summed E-state index contributed by atoms with van der Waals surface area (Å²) in [4.78, 5) is 34.8. The fourth-order valence-electron chi connectivity index (χ4n) is 3.99. The topological polar surface area (TPSA) is 101 Å². The molecule has 8 nitrogen and oxygen atoms in total. The highest BCUT2D eigenvalue weighted by Gasteiger charge is 2.18. The van der Waals surface area contributed by atoms with Crippen LogP contribution in [0.4, 0.5) is 8.78 Å². The average molecular weight is 510 g/mol. The number of aromatic nitrogens is 3. The minimum atomic E-state index is -2.94. The van der Waals surface area contributed by atoms with Crippen LogP contribution in [0.15, 0.2) is 70.6 Å². The molecular weight excluding hydrogens is 488 g/mol. The number of carbonyl (C=O) groups excluding carboxylic acids is 1. The van der Waals surface area contributed by atoms with Gasteiger partial charge in [-0.3, -0.25) is 14.6 Å². The monoisotopic (exact) mass is 509 g/mol. The molecular formula is C25H21F2N5O3S. The number of rotatable bonds is 8. The maximum Gasteiger partial charge on any atom is 0.387 e. The van der Waals surface area contributed by atoms with Gasteiger partial charge in [0, 0.05) is 30.8 Å². The van der Waals surface area contributed by atoms with Crippen LogP contribution in [-0.2, 0) is 17.8 Å². The lowest BCUT2D eigenvalue weighted by Gasteiger charge is -2.14. The summed E-state index contributed by atoms with van der Waals surface area (Å²) in [6.07, 6.45) is 2.11. The lowest BCUT2D eigenvalue weighted by molar-refractivity contribution is -0.116. The number of thioether (sulfide) groups is 1. The van der Waals surface area contributed by atoms with E-state index < -0.39 is 6.61 Å². The van der Waals surface area contributed by atoms with Crippen LogP contribution in [-0.4, -0.2) is 44.5 Å². The first-order chi connectivity index (χ1) is 17.5. The summed E-state index contributed by atoms with van der Waals surface area (Å²) in [6.45, 7) is -2.29. The fourth-order valence-corrected chi connectivity index (χ4v) is 4.70. The second-order valence-corrected chi connectivity index (χ2v) is 8.98. The Balaban J connectivity index is 1.53. The second-order valence-electron chi connectivity index (χ2n) is 8.02. The largest absolute Gasteiger partial charge is 0.434 e. The van der Waals surface area contributed by atoms with E-state index in [2.05, 4.69) is 15.3 Å². The van der Waals surface area contributed by atoms with Gasteiger partial charge in [-0.2, -0.15) is 8.78 Å². The molecule has 184 valence electrons. The Kier molecular flexibility index (Phi) is 6.81. The van der Waals surface area contributed by atoms with Crippen molar-refractivity contribution in [2.45, 2.75) is 19.6 Å². The van der Waals surface area contributed by atoms with Gasteiger partial charge in [0.15, 0.2) is 5.17 Å². The fraction of sp³-hybridized carbons (Fsp3) is 0.200. The number of nitrogens with one attached hydrogen (secondary N) is 2. The first-order valence-electron chi connectivity index (χ1n) is 11.1. The summed E-state index contributed by atoms with van der Waals surface area (Å²) < 4.78 is 32.7. The number of hydrogen-bond acceptors (Lipinski definition) is 6. The van der Waals surface area contributed by atoms with E-state index in [4.69, 9.17) is 9.72 Å². The molecule has 36 heavy (non-hydrogen) atoms. The number of pyridine rings is 1. The highest BCUT2D eigenvalue weighted by Crippen LogP contribution is 2.28. The molecule has 2 aromatic heterocycles. The number of para-hydroxylation sites is 1. The molecule has 0 unspecified atom stereocenters. The summed E-state index contributed by atoms with van der Waals surface area (Å²) in [5.41, 5.74) is 3.62. The van der Waals surface area contributed by atoms with E-state index in [0.717, 1.165) is 22.2 Å². The van der Waals surface area contributed by atoms with Crippen molar-refractivity contribution in [1.29, 1.82) is 0 Å². The van der Waals surface area contributed by atoms with Gasteiger partial charge in [-0.1, -0.05) is 36.0 Å². The van der Waals surface area contributed by atoms with Crippen molar-refractivity contribution in [3.63, 3.8) is 0 Å². The van der Waals surface area contributed by atoms with Crippen LogP contribution in [0.3, 0.4) is 0 Å². The van der Waals surface area contributed by atoms with Crippen LogP contribution in [0.25, 0.3) is 22.2 Å². The highest BCUT2D eigenvalue weighted by atomic mass is 32.2. The molecule has 4 aromatic rings. The van der Waals surface area contributed by atoms with Gasteiger partial charge in [0.25, 0.3) is 0 Å². The van der Waals surface area contributed by atoms with Crippen LogP contribution < -0.4 is 15.6 Å². The molecule has 11 heteroatoms. The van der Waals surface area contributed by atoms with Gasteiger partial charge in [0.2, 0.25) is 11.5 Å². The highest BCUT2D eigenvalue weighted by molar-refractivity contribution is 8.15. The molecule has 0 spiro atoms. The van der Waals surface area contributed by atoms with E-state index >= 15 is 0 Å². The van der Waals surface area contributed by atoms with Crippen molar-refractivity contribution in [3.8, 4) is 16.9 Å². The first kappa shape index (κ1) is 23.7. The third-order valence-electron chi connectivity index (χ3n) is 5.64. The molecule has 1 aliphatic rings.